The summed E-state index contributed by atoms with van der Waals surface area (Å²) < 4.78 is 16.1. The summed E-state index contributed by atoms with van der Waals surface area (Å²) in [4.78, 5) is 11.5. The molecule has 1 saturated heterocycles. The summed E-state index contributed by atoms with van der Waals surface area (Å²) in [5.74, 6) is -0.324. The molecule has 0 spiro atoms. The summed E-state index contributed by atoms with van der Waals surface area (Å²) in [7, 11) is 0. The smallest absolute Gasteiger partial charge is 0.330 e. The van der Waals surface area contributed by atoms with E-state index < -0.39 is 0 Å². The molecule has 2 rings (SSSR count). The van der Waals surface area contributed by atoms with Crippen molar-refractivity contribution in [3.63, 3.8) is 0 Å². The fourth-order valence-electron chi connectivity index (χ4n) is 2.30. The molecule has 2 atom stereocenters. The van der Waals surface area contributed by atoms with Crippen LogP contribution in [0.3, 0.4) is 0 Å². The maximum atomic E-state index is 11.5. The molecule has 0 saturated carbocycles. The highest BCUT2D eigenvalue weighted by molar-refractivity contribution is 5.87. The second kappa shape index (κ2) is 8.11. The van der Waals surface area contributed by atoms with Crippen LogP contribution in [0.5, 0.6) is 0 Å². The molecule has 4 heteroatoms. The molecular formula is C18H24O4. The minimum Gasteiger partial charge on any atom is -0.463 e. The van der Waals surface area contributed by atoms with Crippen LogP contribution in [0.15, 0.2) is 24.3 Å². The molecule has 4 nitrogen and oxygen atoms in total. The molecule has 0 unspecified atom stereocenters. The Balaban J connectivity index is 2.15. The van der Waals surface area contributed by atoms with Gasteiger partial charge in [-0.1, -0.05) is 30.7 Å². The average molecular weight is 304 g/mol. The van der Waals surface area contributed by atoms with E-state index in [-0.39, 0.29) is 18.2 Å². The van der Waals surface area contributed by atoms with Crippen molar-refractivity contribution in [1.29, 1.82) is 0 Å². The lowest BCUT2D eigenvalue weighted by molar-refractivity contribution is -0.137. The third kappa shape index (κ3) is 4.97. The number of esters is 1. The zero-order valence-corrected chi connectivity index (χ0v) is 13.5. The normalized spacial score (nSPS) is 18.4. The Morgan fingerprint density at radius 1 is 1.45 bits per heavy atom. The number of hydrogen-bond donors (Lipinski definition) is 0. The summed E-state index contributed by atoms with van der Waals surface area (Å²) >= 11 is 0. The maximum Gasteiger partial charge on any atom is 0.330 e. The van der Waals surface area contributed by atoms with Gasteiger partial charge in [0.25, 0.3) is 0 Å². The van der Waals surface area contributed by atoms with Crippen LogP contribution in [0.2, 0.25) is 0 Å². The highest BCUT2D eigenvalue weighted by Gasteiger charge is 2.24. The second-order valence-electron chi connectivity index (χ2n) is 5.40. The van der Waals surface area contributed by atoms with Gasteiger partial charge < -0.3 is 14.2 Å². The largest absolute Gasteiger partial charge is 0.463 e. The van der Waals surface area contributed by atoms with Crippen molar-refractivity contribution >= 4 is 12.0 Å². The molecule has 1 aromatic rings. The number of epoxide rings is 1. The molecular weight excluding hydrogens is 280 g/mol. The zero-order valence-electron chi connectivity index (χ0n) is 13.5. The number of benzene rings is 1. The van der Waals surface area contributed by atoms with Gasteiger partial charge >= 0.3 is 5.97 Å². The average Bonchev–Trinajstić information content (AvgIpc) is 3.32. The lowest BCUT2D eigenvalue weighted by Crippen LogP contribution is -2.10. The molecule has 1 heterocycles. The molecule has 0 amide bonds. The quantitative estimate of drug-likeness (QED) is 0.419. The van der Waals surface area contributed by atoms with E-state index in [2.05, 4.69) is 25.1 Å². The number of hydrogen-bond acceptors (Lipinski definition) is 4. The van der Waals surface area contributed by atoms with Gasteiger partial charge in [-0.05, 0) is 37.5 Å². The van der Waals surface area contributed by atoms with Gasteiger partial charge in [0.05, 0.1) is 25.9 Å². The highest BCUT2D eigenvalue weighted by Crippen LogP contribution is 2.28. The van der Waals surface area contributed by atoms with Crippen LogP contribution in [-0.4, -0.2) is 31.9 Å². The molecule has 1 aliphatic rings. The van der Waals surface area contributed by atoms with Crippen molar-refractivity contribution in [2.45, 2.75) is 39.4 Å². The third-order valence-corrected chi connectivity index (χ3v) is 3.53. The predicted octanol–water partition coefficient (Wildman–Crippen LogP) is 3.44. The molecule has 0 bridgehead atoms. The van der Waals surface area contributed by atoms with Crippen molar-refractivity contribution < 1.29 is 19.0 Å². The SMILES string of the molecule is CCOC(=O)C=Cc1cc(C)ccc1[C@@H](CC)OC[C@H]1CO1. The number of carbonyl (C=O) groups is 1. The molecule has 0 radical (unpaired) electrons. The van der Waals surface area contributed by atoms with Crippen molar-refractivity contribution in [2.75, 3.05) is 19.8 Å². The first-order valence-electron chi connectivity index (χ1n) is 7.82. The first-order valence-corrected chi connectivity index (χ1v) is 7.82. The Labute approximate surface area is 132 Å². The Morgan fingerprint density at radius 2 is 2.23 bits per heavy atom. The third-order valence-electron chi connectivity index (χ3n) is 3.53. The second-order valence-corrected chi connectivity index (χ2v) is 5.40. The monoisotopic (exact) mass is 304 g/mol. The molecule has 0 aliphatic carbocycles. The van der Waals surface area contributed by atoms with Crippen LogP contribution in [0.4, 0.5) is 0 Å². The number of aryl methyl sites for hydroxylation is 1. The standard InChI is InChI=1S/C18H24O4/c1-4-17(22-12-15-11-21-15)16-8-6-13(3)10-14(16)7-9-18(19)20-5-2/h6-10,15,17H,4-5,11-12H2,1-3H3/t15-,17-/m1/s1. The Bertz CT molecular complexity index is 532. The van der Waals surface area contributed by atoms with Gasteiger partial charge in [0, 0.05) is 6.08 Å². The van der Waals surface area contributed by atoms with Crippen molar-refractivity contribution in [1.82, 2.24) is 0 Å². The fraction of sp³-hybridized carbons (Fsp3) is 0.500. The van der Waals surface area contributed by atoms with E-state index >= 15 is 0 Å². The minimum atomic E-state index is -0.324. The molecule has 1 fully saturated rings. The van der Waals surface area contributed by atoms with Gasteiger partial charge in [-0.25, -0.2) is 4.79 Å². The van der Waals surface area contributed by atoms with Gasteiger partial charge in [0.15, 0.2) is 0 Å². The minimum absolute atomic E-state index is 0.00615. The first kappa shape index (κ1) is 16.7. The van der Waals surface area contributed by atoms with E-state index in [0.717, 1.165) is 29.7 Å². The van der Waals surface area contributed by atoms with E-state index in [1.807, 2.05) is 6.92 Å². The molecule has 22 heavy (non-hydrogen) atoms. The molecule has 1 aromatic carbocycles. The topological polar surface area (TPSA) is 48.1 Å². The van der Waals surface area contributed by atoms with Crippen LogP contribution >= 0.6 is 0 Å². The fourth-order valence-corrected chi connectivity index (χ4v) is 2.30. The summed E-state index contributed by atoms with van der Waals surface area (Å²) in [5, 5.41) is 0. The van der Waals surface area contributed by atoms with E-state index in [0.29, 0.717) is 13.2 Å². The van der Waals surface area contributed by atoms with Crippen molar-refractivity contribution in [2.24, 2.45) is 0 Å². The Hall–Kier alpha value is -1.65. The molecule has 0 N–H and O–H groups in total. The number of carbonyl (C=O) groups excluding carboxylic acids is 1. The summed E-state index contributed by atoms with van der Waals surface area (Å²) in [6.45, 7) is 7.71. The summed E-state index contributed by atoms with van der Waals surface area (Å²) in [6, 6.07) is 6.20. The van der Waals surface area contributed by atoms with E-state index in [1.165, 1.54) is 6.08 Å². The van der Waals surface area contributed by atoms with Crippen LogP contribution in [0, 0.1) is 6.92 Å². The number of rotatable bonds is 8. The first-order chi connectivity index (χ1) is 10.6. The number of ether oxygens (including phenoxy) is 3. The Kier molecular flexibility index (Phi) is 6.16. The lowest BCUT2D eigenvalue weighted by Gasteiger charge is -2.19. The van der Waals surface area contributed by atoms with E-state index in [1.54, 1.807) is 13.0 Å². The van der Waals surface area contributed by atoms with Crippen LogP contribution in [0.25, 0.3) is 6.08 Å². The van der Waals surface area contributed by atoms with Gasteiger partial charge in [-0.3, -0.25) is 0 Å². The lowest BCUT2D eigenvalue weighted by atomic mass is 9.98. The van der Waals surface area contributed by atoms with Gasteiger partial charge in [-0.2, -0.15) is 0 Å². The van der Waals surface area contributed by atoms with Crippen LogP contribution < -0.4 is 0 Å². The Morgan fingerprint density at radius 3 is 2.86 bits per heavy atom. The van der Waals surface area contributed by atoms with Crippen LogP contribution in [-0.2, 0) is 19.0 Å². The highest BCUT2D eigenvalue weighted by atomic mass is 16.6. The molecule has 0 aromatic heterocycles. The van der Waals surface area contributed by atoms with E-state index in [4.69, 9.17) is 14.2 Å². The summed E-state index contributed by atoms with van der Waals surface area (Å²) in [6.07, 6.45) is 4.40. The van der Waals surface area contributed by atoms with Crippen molar-refractivity contribution in [3.05, 3.63) is 41.0 Å². The maximum absolute atomic E-state index is 11.5. The van der Waals surface area contributed by atoms with Crippen molar-refractivity contribution in [3.8, 4) is 0 Å². The summed E-state index contributed by atoms with van der Waals surface area (Å²) in [5.41, 5.74) is 3.23. The predicted molar refractivity (Wildman–Crippen MR) is 85.6 cm³/mol. The van der Waals surface area contributed by atoms with Crippen LogP contribution in [0.1, 0.15) is 43.1 Å². The molecule has 120 valence electrons. The zero-order chi connectivity index (χ0) is 15.9. The van der Waals surface area contributed by atoms with Gasteiger partial charge in [-0.15, -0.1) is 0 Å². The van der Waals surface area contributed by atoms with Gasteiger partial charge in [0.1, 0.15) is 6.10 Å². The molecule has 1 aliphatic heterocycles. The van der Waals surface area contributed by atoms with E-state index in [9.17, 15) is 4.79 Å². The van der Waals surface area contributed by atoms with Gasteiger partial charge in [0.2, 0.25) is 0 Å².